The van der Waals surface area contributed by atoms with Crippen LogP contribution in [0.3, 0.4) is 0 Å². The molecule has 1 aromatic rings. The van der Waals surface area contributed by atoms with Crippen LogP contribution in [0, 0.1) is 5.92 Å². The predicted octanol–water partition coefficient (Wildman–Crippen LogP) is 3.92. The van der Waals surface area contributed by atoms with Gasteiger partial charge in [0, 0.05) is 12.1 Å². The maximum atomic E-state index is 5.19. The van der Waals surface area contributed by atoms with Crippen LogP contribution in [0.4, 0.5) is 0 Å². The average molecular weight is 247 g/mol. The number of ether oxygens (including phenoxy) is 1. The standard InChI is InChI=1S/C16H25NO/c1-12-5-4-6-15(11-12)17-13(2)14-7-9-16(18-3)10-8-14/h7-10,12-13,15,17H,4-6,11H2,1-3H3/t12?,13-,15?/m0/s1. The summed E-state index contributed by atoms with van der Waals surface area (Å²) in [6, 6.07) is 9.50. The zero-order valence-electron chi connectivity index (χ0n) is 11.8. The molecule has 1 saturated carbocycles. The average Bonchev–Trinajstić information content (AvgIpc) is 2.39. The van der Waals surface area contributed by atoms with E-state index in [2.05, 4.69) is 31.3 Å². The van der Waals surface area contributed by atoms with Crippen LogP contribution in [0.5, 0.6) is 5.75 Å². The smallest absolute Gasteiger partial charge is 0.118 e. The summed E-state index contributed by atoms with van der Waals surface area (Å²) >= 11 is 0. The molecule has 18 heavy (non-hydrogen) atoms. The van der Waals surface area contributed by atoms with E-state index in [1.54, 1.807) is 7.11 Å². The largest absolute Gasteiger partial charge is 0.497 e. The van der Waals surface area contributed by atoms with Gasteiger partial charge in [-0.2, -0.15) is 0 Å². The molecule has 2 rings (SSSR count). The Morgan fingerprint density at radius 1 is 1.22 bits per heavy atom. The van der Waals surface area contributed by atoms with Gasteiger partial charge in [0.15, 0.2) is 0 Å². The molecular formula is C16H25NO. The maximum absolute atomic E-state index is 5.19. The number of nitrogens with one attached hydrogen (secondary N) is 1. The maximum Gasteiger partial charge on any atom is 0.118 e. The quantitative estimate of drug-likeness (QED) is 0.870. The van der Waals surface area contributed by atoms with Gasteiger partial charge in [0.05, 0.1) is 7.11 Å². The van der Waals surface area contributed by atoms with Gasteiger partial charge < -0.3 is 10.1 Å². The second-order valence-electron chi connectivity index (χ2n) is 5.63. The molecule has 2 unspecified atom stereocenters. The van der Waals surface area contributed by atoms with Crippen LogP contribution >= 0.6 is 0 Å². The van der Waals surface area contributed by atoms with Gasteiger partial charge in [-0.05, 0) is 43.4 Å². The van der Waals surface area contributed by atoms with Crippen molar-refractivity contribution in [2.24, 2.45) is 5.92 Å². The molecule has 1 aliphatic carbocycles. The fourth-order valence-corrected chi connectivity index (χ4v) is 2.93. The van der Waals surface area contributed by atoms with Gasteiger partial charge in [-0.15, -0.1) is 0 Å². The van der Waals surface area contributed by atoms with Gasteiger partial charge in [0.2, 0.25) is 0 Å². The Morgan fingerprint density at radius 2 is 1.94 bits per heavy atom. The highest BCUT2D eigenvalue weighted by Crippen LogP contribution is 2.26. The van der Waals surface area contributed by atoms with Gasteiger partial charge >= 0.3 is 0 Å². The zero-order valence-corrected chi connectivity index (χ0v) is 11.8. The molecular weight excluding hydrogens is 222 g/mol. The monoisotopic (exact) mass is 247 g/mol. The van der Waals surface area contributed by atoms with Crippen LogP contribution in [-0.4, -0.2) is 13.2 Å². The van der Waals surface area contributed by atoms with E-state index in [0.717, 1.165) is 11.7 Å². The Kier molecular flexibility index (Phi) is 4.65. The highest BCUT2D eigenvalue weighted by molar-refractivity contribution is 5.28. The first-order valence-electron chi connectivity index (χ1n) is 7.09. The van der Waals surface area contributed by atoms with Crippen LogP contribution in [-0.2, 0) is 0 Å². The van der Waals surface area contributed by atoms with Crippen molar-refractivity contribution in [3.63, 3.8) is 0 Å². The SMILES string of the molecule is COc1ccc([C@H](C)NC2CCCC(C)C2)cc1. The van der Waals surface area contributed by atoms with Crippen LogP contribution in [0.2, 0.25) is 0 Å². The van der Waals surface area contributed by atoms with Crippen LogP contribution in [0.25, 0.3) is 0 Å². The van der Waals surface area contributed by atoms with E-state index in [-0.39, 0.29) is 0 Å². The Hall–Kier alpha value is -1.02. The minimum atomic E-state index is 0.422. The molecule has 0 spiro atoms. The van der Waals surface area contributed by atoms with E-state index in [1.165, 1.54) is 31.2 Å². The van der Waals surface area contributed by atoms with Gasteiger partial charge in [-0.25, -0.2) is 0 Å². The molecule has 2 heteroatoms. The molecule has 1 N–H and O–H groups in total. The lowest BCUT2D eigenvalue weighted by atomic mass is 9.86. The molecule has 0 aromatic heterocycles. The minimum absolute atomic E-state index is 0.422. The van der Waals surface area contributed by atoms with Gasteiger partial charge in [-0.1, -0.05) is 31.9 Å². The van der Waals surface area contributed by atoms with Crippen LogP contribution in [0.1, 0.15) is 51.1 Å². The minimum Gasteiger partial charge on any atom is -0.497 e. The fourth-order valence-electron chi connectivity index (χ4n) is 2.93. The number of hydrogen-bond acceptors (Lipinski definition) is 2. The number of hydrogen-bond donors (Lipinski definition) is 1. The first-order valence-corrected chi connectivity index (χ1v) is 7.09. The lowest BCUT2D eigenvalue weighted by molar-refractivity contribution is 0.285. The summed E-state index contributed by atoms with van der Waals surface area (Å²) < 4.78 is 5.19. The molecule has 0 amide bonds. The molecule has 0 radical (unpaired) electrons. The molecule has 0 bridgehead atoms. The molecule has 3 atom stereocenters. The van der Waals surface area contributed by atoms with Gasteiger partial charge in [-0.3, -0.25) is 0 Å². The topological polar surface area (TPSA) is 21.3 Å². The summed E-state index contributed by atoms with van der Waals surface area (Å²) in [5.41, 5.74) is 1.34. The Balaban J connectivity index is 1.91. The molecule has 0 heterocycles. The first-order chi connectivity index (χ1) is 8.69. The van der Waals surface area contributed by atoms with Crippen LogP contribution < -0.4 is 10.1 Å². The van der Waals surface area contributed by atoms with E-state index < -0.39 is 0 Å². The number of methoxy groups -OCH3 is 1. The molecule has 2 nitrogen and oxygen atoms in total. The van der Waals surface area contributed by atoms with Crippen molar-refractivity contribution in [3.05, 3.63) is 29.8 Å². The third-order valence-corrected chi connectivity index (χ3v) is 4.04. The van der Waals surface area contributed by atoms with E-state index in [1.807, 2.05) is 12.1 Å². The van der Waals surface area contributed by atoms with Gasteiger partial charge in [0.25, 0.3) is 0 Å². The Bertz CT molecular complexity index is 360. The highest BCUT2D eigenvalue weighted by Gasteiger charge is 2.20. The van der Waals surface area contributed by atoms with Crippen molar-refractivity contribution >= 4 is 0 Å². The van der Waals surface area contributed by atoms with Crippen molar-refractivity contribution in [2.75, 3.05) is 7.11 Å². The van der Waals surface area contributed by atoms with E-state index >= 15 is 0 Å². The van der Waals surface area contributed by atoms with E-state index in [4.69, 9.17) is 4.74 Å². The Labute approximate surface area is 111 Å². The first kappa shape index (κ1) is 13.4. The second kappa shape index (κ2) is 6.24. The summed E-state index contributed by atoms with van der Waals surface area (Å²) in [5, 5.41) is 3.76. The third-order valence-electron chi connectivity index (χ3n) is 4.04. The normalized spacial score (nSPS) is 25.7. The van der Waals surface area contributed by atoms with Crippen molar-refractivity contribution in [3.8, 4) is 5.75 Å². The molecule has 0 saturated heterocycles. The molecule has 1 fully saturated rings. The summed E-state index contributed by atoms with van der Waals surface area (Å²) in [5.74, 6) is 1.80. The zero-order chi connectivity index (χ0) is 13.0. The van der Waals surface area contributed by atoms with Crippen molar-refractivity contribution in [1.29, 1.82) is 0 Å². The lowest BCUT2D eigenvalue weighted by Crippen LogP contribution is -2.35. The van der Waals surface area contributed by atoms with E-state index in [9.17, 15) is 0 Å². The molecule has 1 aromatic carbocycles. The highest BCUT2D eigenvalue weighted by atomic mass is 16.5. The number of rotatable bonds is 4. The van der Waals surface area contributed by atoms with E-state index in [0.29, 0.717) is 12.1 Å². The fraction of sp³-hybridized carbons (Fsp3) is 0.625. The summed E-state index contributed by atoms with van der Waals surface area (Å²) in [7, 11) is 1.71. The van der Waals surface area contributed by atoms with Crippen molar-refractivity contribution in [1.82, 2.24) is 5.32 Å². The lowest BCUT2D eigenvalue weighted by Gasteiger charge is -2.30. The third kappa shape index (κ3) is 3.49. The predicted molar refractivity (Wildman–Crippen MR) is 76.0 cm³/mol. The molecule has 100 valence electrons. The molecule has 1 aliphatic rings. The van der Waals surface area contributed by atoms with Crippen LogP contribution in [0.15, 0.2) is 24.3 Å². The van der Waals surface area contributed by atoms with Crippen molar-refractivity contribution in [2.45, 2.75) is 51.6 Å². The Morgan fingerprint density at radius 3 is 2.56 bits per heavy atom. The summed E-state index contributed by atoms with van der Waals surface area (Å²) in [4.78, 5) is 0. The summed E-state index contributed by atoms with van der Waals surface area (Å²) in [6.07, 6.45) is 5.41. The van der Waals surface area contributed by atoms with Gasteiger partial charge in [0.1, 0.15) is 5.75 Å². The summed E-state index contributed by atoms with van der Waals surface area (Å²) in [6.45, 7) is 4.62. The second-order valence-corrected chi connectivity index (χ2v) is 5.63. The number of benzene rings is 1. The van der Waals surface area contributed by atoms with Crippen molar-refractivity contribution < 1.29 is 4.74 Å². The molecule has 0 aliphatic heterocycles.